The van der Waals surface area contributed by atoms with Crippen LogP contribution in [0.25, 0.3) is 0 Å². The lowest BCUT2D eigenvalue weighted by Crippen LogP contribution is -2.35. The largest absolute Gasteiger partial charge is 0.490 e. The standard InChI is InChI=1S/C17H24BrNO5/c1-5-19-17(21)11(4)24-16(20)9-12-8-14(22-6-2)15(23-7-3)10-13(12)18/h8,10-11H,5-7,9H2,1-4H3,(H,19,21)/t11-/m1/s1. The number of esters is 1. The number of hydrogen-bond donors (Lipinski definition) is 1. The van der Waals surface area contributed by atoms with Crippen LogP contribution < -0.4 is 14.8 Å². The third-order valence-corrected chi connectivity index (χ3v) is 3.81. The van der Waals surface area contributed by atoms with Gasteiger partial charge in [-0.3, -0.25) is 9.59 Å². The van der Waals surface area contributed by atoms with E-state index in [2.05, 4.69) is 21.2 Å². The number of rotatable bonds is 9. The van der Waals surface area contributed by atoms with Gasteiger partial charge in [0.2, 0.25) is 0 Å². The zero-order valence-corrected chi connectivity index (χ0v) is 16.1. The van der Waals surface area contributed by atoms with Crippen LogP contribution in [0.15, 0.2) is 16.6 Å². The van der Waals surface area contributed by atoms with E-state index in [1.807, 2.05) is 13.8 Å². The molecule has 0 aliphatic carbocycles. The van der Waals surface area contributed by atoms with Crippen molar-refractivity contribution in [1.82, 2.24) is 5.32 Å². The first-order valence-electron chi connectivity index (χ1n) is 7.98. The van der Waals surface area contributed by atoms with Crippen LogP contribution >= 0.6 is 15.9 Å². The highest BCUT2D eigenvalue weighted by Crippen LogP contribution is 2.34. The first-order chi connectivity index (χ1) is 11.4. The van der Waals surface area contributed by atoms with E-state index in [1.54, 1.807) is 26.0 Å². The van der Waals surface area contributed by atoms with Gasteiger partial charge in [-0.25, -0.2) is 0 Å². The Hall–Kier alpha value is -1.76. The molecule has 0 unspecified atom stereocenters. The number of likely N-dealkylation sites (N-methyl/N-ethyl adjacent to an activating group) is 1. The predicted molar refractivity (Wildman–Crippen MR) is 94.4 cm³/mol. The molecule has 6 nitrogen and oxygen atoms in total. The maximum Gasteiger partial charge on any atom is 0.311 e. The molecule has 0 heterocycles. The number of carbonyl (C=O) groups is 2. The summed E-state index contributed by atoms with van der Waals surface area (Å²) in [5.41, 5.74) is 0.704. The van der Waals surface area contributed by atoms with Crippen LogP contribution in [0.3, 0.4) is 0 Å². The van der Waals surface area contributed by atoms with Gasteiger partial charge in [0.1, 0.15) is 0 Å². The van der Waals surface area contributed by atoms with E-state index in [9.17, 15) is 9.59 Å². The highest BCUT2D eigenvalue weighted by molar-refractivity contribution is 9.10. The number of halogens is 1. The summed E-state index contributed by atoms with van der Waals surface area (Å²) in [7, 11) is 0. The quantitative estimate of drug-likeness (QED) is 0.643. The summed E-state index contributed by atoms with van der Waals surface area (Å²) >= 11 is 3.43. The molecule has 1 rings (SSSR count). The fourth-order valence-corrected chi connectivity index (χ4v) is 2.48. The Morgan fingerprint density at radius 1 is 1.12 bits per heavy atom. The summed E-state index contributed by atoms with van der Waals surface area (Å²) in [6.45, 7) is 8.60. The second kappa shape index (κ2) is 10.2. The first-order valence-corrected chi connectivity index (χ1v) is 8.77. The number of amides is 1. The van der Waals surface area contributed by atoms with Gasteiger partial charge in [-0.15, -0.1) is 0 Å². The van der Waals surface area contributed by atoms with Gasteiger partial charge in [0.15, 0.2) is 17.6 Å². The molecule has 134 valence electrons. The third-order valence-electron chi connectivity index (χ3n) is 3.08. The molecular formula is C17H24BrNO5. The van der Waals surface area contributed by atoms with Gasteiger partial charge in [0, 0.05) is 11.0 Å². The zero-order valence-electron chi connectivity index (χ0n) is 14.5. The van der Waals surface area contributed by atoms with E-state index in [-0.39, 0.29) is 12.3 Å². The van der Waals surface area contributed by atoms with Crippen LogP contribution in [0.1, 0.15) is 33.3 Å². The van der Waals surface area contributed by atoms with Crippen LogP contribution in [0.4, 0.5) is 0 Å². The molecule has 7 heteroatoms. The van der Waals surface area contributed by atoms with Crippen molar-refractivity contribution in [1.29, 1.82) is 0 Å². The van der Waals surface area contributed by atoms with Crippen molar-refractivity contribution in [2.24, 2.45) is 0 Å². The molecule has 1 atom stereocenters. The van der Waals surface area contributed by atoms with Crippen LogP contribution in [0.2, 0.25) is 0 Å². The molecule has 0 bridgehead atoms. The normalized spacial score (nSPS) is 11.5. The van der Waals surface area contributed by atoms with Crippen LogP contribution in [-0.4, -0.2) is 37.7 Å². The number of carbonyl (C=O) groups excluding carboxylic acids is 2. The molecule has 1 amide bonds. The fourth-order valence-electron chi connectivity index (χ4n) is 2.02. The van der Waals surface area contributed by atoms with E-state index in [4.69, 9.17) is 14.2 Å². The van der Waals surface area contributed by atoms with Crippen LogP contribution in [0, 0.1) is 0 Å². The molecule has 0 fully saturated rings. The summed E-state index contributed by atoms with van der Waals surface area (Å²) in [5, 5.41) is 2.61. The molecular weight excluding hydrogens is 378 g/mol. The Kier molecular flexibility index (Phi) is 8.60. The molecule has 0 saturated heterocycles. The SMILES string of the molecule is CCNC(=O)[C@@H](C)OC(=O)Cc1cc(OCC)c(OCC)cc1Br. The van der Waals surface area contributed by atoms with Gasteiger partial charge >= 0.3 is 5.97 Å². The molecule has 0 radical (unpaired) electrons. The minimum atomic E-state index is -0.828. The molecule has 1 aromatic rings. The van der Waals surface area contributed by atoms with Crippen molar-refractivity contribution in [3.05, 3.63) is 22.2 Å². The average Bonchev–Trinajstić information content (AvgIpc) is 2.52. The molecule has 0 aliphatic heterocycles. The molecule has 24 heavy (non-hydrogen) atoms. The Morgan fingerprint density at radius 3 is 2.25 bits per heavy atom. The lowest BCUT2D eigenvalue weighted by molar-refractivity contribution is -0.154. The minimum absolute atomic E-state index is 0.0246. The summed E-state index contributed by atoms with van der Waals surface area (Å²) in [6, 6.07) is 3.51. The van der Waals surface area contributed by atoms with Gasteiger partial charge in [0.05, 0.1) is 19.6 Å². The van der Waals surface area contributed by atoms with E-state index >= 15 is 0 Å². The first kappa shape index (κ1) is 20.3. The Labute approximate surface area is 151 Å². The van der Waals surface area contributed by atoms with E-state index in [0.717, 1.165) is 4.47 Å². The topological polar surface area (TPSA) is 73.9 Å². The monoisotopic (exact) mass is 401 g/mol. The highest BCUT2D eigenvalue weighted by Gasteiger charge is 2.19. The third kappa shape index (κ3) is 6.03. The number of benzene rings is 1. The van der Waals surface area contributed by atoms with Gasteiger partial charge in [0.25, 0.3) is 5.91 Å². The Morgan fingerprint density at radius 2 is 1.71 bits per heavy atom. The Bertz CT molecular complexity index is 576. The average molecular weight is 402 g/mol. The maximum absolute atomic E-state index is 12.1. The molecule has 0 aliphatic rings. The lowest BCUT2D eigenvalue weighted by atomic mass is 10.1. The second-order valence-corrected chi connectivity index (χ2v) is 5.81. The van der Waals surface area contributed by atoms with Crippen molar-refractivity contribution in [2.75, 3.05) is 19.8 Å². The van der Waals surface area contributed by atoms with Gasteiger partial charge in [-0.2, -0.15) is 0 Å². The number of hydrogen-bond acceptors (Lipinski definition) is 5. The van der Waals surface area contributed by atoms with E-state index < -0.39 is 12.1 Å². The smallest absolute Gasteiger partial charge is 0.311 e. The summed E-state index contributed by atoms with van der Waals surface area (Å²) in [4.78, 5) is 23.7. The van der Waals surface area contributed by atoms with E-state index in [0.29, 0.717) is 36.8 Å². The van der Waals surface area contributed by atoms with Crippen LogP contribution in [-0.2, 0) is 20.7 Å². The zero-order chi connectivity index (χ0) is 18.1. The number of ether oxygens (including phenoxy) is 3. The van der Waals surface area contributed by atoms with Crippen molar-refractivity contribution in [3.63, 3.8) is 0 Å². The molecule has 0 spiro atoms. The molecule has 1 aromatic carbocycles. The highest BCUT2D eigenvalue weighted by atomic mass is 79.9. The van der Waals surface area contributed by atoms with Gasteiger partial charge in [-0.1, -0.05) is 15.9 Å². The second-order valence-electron chi connectivity index (χ2n) is 4.96. The molecule has 0 aromatic heterocycles. The van der Waals surface area contributed by atoms with Crippen molar-refractivity contribution >= 4 is 27.8 Å². The van der Waals surface area contributed by atoms with E-state index in [1.165, 1.54) is 0 Å². The summed E-state index contributed by atoms with van der Waals surface area (Å²) in [6.07, 6.45) is -0.804. The van der Waals surface area contributed by atoms with Crippen molar-refractivity contribution in [2.45, 2.75) is 40.2 Å². The molecule has 0 saturated carbocycles. The van der Waals surface area contributed by atoms with Crippen molar-refractivity contribution in [3.8, 4) is 11.5 Å². The number of nitrogens with one attached hydrogen (secondary N) is 1. The van der Waals surface area contributed by atoms with Crippen molar-refractivity contribution < 1.29 is 23.8 Å². The fraction of sp³-hybridized carbons (Fsp3) is 0.529. The lowest BCUT2D eigenvalue weighted by Gasteiger charge is -2.15. The van der Waals surface area contributed by atoms with Crippen LogP contribution in [0.5, 0.6) is 11.5 Å². The Balaban J connectivity index is 2.84. The summed E-state index contributed by atoms with van der Waals surface area (Å²) < 4.78 is 17.0. The maximum atomic E-state index is 12.1. The molecule has 1 N–H and O–H groups in total. The van der Waals surface area contributed by atoms with Gasteiger partial charge in [-0.05, 0) is 45.4 Å². The predicted octanol–water partition coefficient (Wildman–Crippen LogP) is 2.86. The summed E-state index contributed by atoms with van der Waals surface area (Å²) in [5.74, 6) is 0.383. The minimum Gasteiger partial charge on any atom is -0.490 e. The van der Waals surface area contributed by atoms with Gasteiger partial charge < -0.3 is 19.5 Å².